The van der Waals surface area contributed by atoms with Crippen LogP contribution >= 0.6 is 0 Å². The number of carbonyl (C=O) groups excluding carboxylic acids is 1. The average molecular weight is 287 g/mol. The molecule has 0 unspecified atom stereocenters. The molecule has 2 atom stereocenters. The van der Waals surface area contributed by atoms with Gasteiger partial charge in [-0.15, -0.1) is 0 Å². The van der Waals surface area contributed by atoms with Crippen LogP contribution in [0.15, 0.2) is 29.4 Å². The summed E-state index contributed by atoms with van der Waals surface area (Å²) in [5.74, 6) is 0.205. The van der Waals surface area contributed by atoms with Gasteiger partial charge < -0.3 is 0 Å². The van der Waals surface area contributed by atoms with E-state index in [9.17, 15) is 9.18 Å². The van der Waals surface area contributed by atoms with Gasteiger partial charge in [-0.05, 0) is 43.6 Å². The van der Waals surface area contributed by atoms with E-state index >= 15 is 0 Å². The van der Waals surface area contributed by atoms with Gasteiger partial charge in [0.05, 0.1) is 11.8 Å². The van der Waals surface area contributed by atoms with Crippen molar-refractivity contribution in [1.29, 1.82) is 0 Å². The Morgan fingerprint density at radius 2 is 1.86 bits per heavy atom. The summed E-state index contributed by atoms with van der Waals surface area (Å²) in [7, 11) is 0. The molecule has 1 amide bonds. The Hall–Kier alpha value is -1.75. The van der Waals surface area contributed by atoms with Crippen LogP contribution in [0.2, 0.25) is 0 Å². The zero-order valence-corrected chi connectivity index (χ0v) is 12.0. The lowest BCUT2D eigenvalue weighted by molar-refractivity contribution is -0.131. The van der Waals surface area contributed by atoms with Crippen LogP contribution in [0.1, 0.15) is 31.4 Å². The first-order valence-corrected chi connectivity index (χ1v) is 7.53. The van der Waals surface area contributed by atoms with Crippen molar-refractivity contribution in [3.63, 3.8) is 0 Å². The van der Waals surface area contributed by atoms with Gasteiger partial charge in [0.2, 0.25) is 5.91 Å². The van der Waals surface area contributed by atoms with Crippen molar-refractivity contribution in [3.05, 3.63) is 35.6 Å². The van der Waals surface area contributed by atoms with E-state index in [-0.39, 0.29) is 23.8 Å². The Balaban J connectivity index is 1.77. The molecule has 4 heterocycles. The van der Waals surface area contributed by atoms with Crippen molar-refractivity contribution >= 4 is 11.6 Å². The van der Waals surface area contributed by atoms with Crippen molar-refractivity contribution in [3.8, 4) is 0 Å². The number of carbonyl (C=O) groups is 1. The van der Waals surface area contributed by atoms with Gasteiger partial charge >= 0.3 is 0 Å². The van der Waals surface area contributed by atoms with Crippen molar-refractivity contribution in [2.45, 2.75) is 31.8 Å². The van der Waals surface area contributed by atoms with Crippen LogP contribution in [-0.4, -0.2) is 40.7 Å². The van der Waals surface area contributed by atoms with Gasteiger partial charge in [0.25, 0.3) is 0 Å². The first kappa shape index (κ1) is 13.0. The maximum atomic E-state index is 13.2. The molecule has 0 spiro atoms. The lowest BCUT2D eigenvalue weighted by Gasteiger charge is -2.46. The largest absolute Gasteiger partial charge is 0.293 e. The average Bonchev–Trinajstić information content (AvgIpc) is 2.92. The Morgan fingerprint density at radius 3 is 2.48 bits per heavy atom. The highest BCUT2D eigenvalue weighted by molar-refractivity contribution is 5.97. The summed E-state index contributed by atoms with van der Waals surface area (Å²) < 4.78 is 13.2. The second kappa shape index (κ2) is 4.63. The molecule has 4 nitrogen and oxygen atoms in total. The molecule has 0 saturated carbocycles. The molecule has 21 heavy (non-hydrogen) atoms. The molecule has 3 fully saturated rings. The van der Waals surface area contributed by atoms with Crippen molar-refractivity contribution in [1.82, 2.24) is 9.91 Å². The fourth-order valence-corrected chi connectivity index (χ4v) is 3.97. The molecule has 5 rings (SSSR count). The van der Waals surface area contributed by atoms with E-state index in [0.717, 1.165) is 37.2 Å². The van der Waals surface area contributed by atoms with Gasteiger partial charge in [0, 0.05) is 12.8 Å². The fourth-order valence-electron chi connectivity index (χ4n) is 3.97. The van der Waals surface area contributed by atoms with E-state index in [1.165, 1.54) is 12.1 Å². The molecule has 4 aliphatic rings. The van der Waals surface area contributed by atoms with Crippen LogP contribution in [0.4, 0.5) is 4.39 Å². The summed E-state index contributed by atoms with van der Waals surface area (Å²) in [4.78, 5) is 14.4. The third kappa shape index (κ3) is 1.91. The number of hydrogen-bond acceptors (Lipinski definition) is 3. The molecule has 0 radical (unpaired) electrons. The van der Waals surface area contributed by atoms with E-state index in [1.54, 1.807) is 24.1 Å². The maximum absolute atomic E-state index is 13.2. The van der Waals surface area contributed by atoms with Crippen molar-refractivity contribution < 1.29 is 9.18 Å². The van der Waals surface area contributed by atoms with Gasteiger partial charge in [-0.3, -0.25) is 9.69 Å². The third-order valence-electron chi connectivity index (χ3n) is 4.96. The molecule has 1 aromatic rings. The molecule has 110 valence electrons. The summed E-state index contributed by atoms with van der Waals surface area (Å²) in [5.41, 5.74) is 2.11. The fraction of sp³-hybridized carbons (Fsp3) is 0.500. The number of rotatable bonds is 1. The second-order valence-corrected chi connectivity index (χ2v) is 6.14. The Labute approximate surface area is 123 Å². The molecule has 0 aliphatic carbocycles. The topological polar surface area (TPSA) is 35.9 Å². The lowest BCUT2D eigenvalue weighted by atomic mass is 9.78. The smallest absolute Gasteiger partial charge is 0.240 e. The van der Waals surface area contributed by atoms with E-state index in [4.69, 9.17) is 0 Å². The van der Waals surface area contributed by atoms with Gasteiger partial charge in [0.1, 0.15) is 11.9 Å². The predicted octanol–water partition coefficient (Wildman–Crippen LogP) is 2.18. The Kier molecular flexibility index (Phi) is 2.85. The summed E-state index contributed by atoms with van der Waals surface area (Å²) >= 11 is 0. The van der Waals surface area contributed by atoms with Gasteiger partial charge in [-0.25, -0.2) is 9.40 Å². The van der Waals surface area contributed by atoms with Gasteiger partial charge in [-0.1, -0.05) is 12.1 Å². The predicted molar refractivity (Wildman–Crippen MR) is 77.2 cm³/mol. The van der Waals surface area contributed by atoms with Crippen molar-refractivity contribution in [2.75, 3.05) is 13.1 Å². The number of piperidine rings is 3. The molecule has 2 bridgehead atoms. The number of amides is 1. The SMILES string of the molecule is CC(=O)N1N=C2C3CCN(CC3)[C@@H]2[C@H]1c1ccc(F)cc1. The van der Waals surface area contributed by atoms with E-state index in [0.29, 0.717) is 5.92 Å². The second-order valence-electron chi connectivity index (χ2n) is 6.14. The van der Waals surface area contributed by atoms with Crippen LogP contribution in [-0.2, 0) is 4.79 Å². The molecule has 1 aromatic carbocycles. The number of benzene rings is 1. The minimum Gasteiger partial charge on any atom is -0.293 e. The van der Waals surface area contributed by atoms with Crippen molar-refractivity contribution in [2.24, 2.45) is 11.0 Å². The molecule has 0 N–H and O–H groups in total. The highest BCUT2D eigenvalue weighted by Crippen LogP contribution is 2.43. The molecule has 4 aliphatic heterocycles. The zero-order chi connectivity index (χ0) is 14.6. The monoisotopic (exact) mass is 287 g/mol. The molecular formula is C16H18FN3O. The maximum Gasteiger partial charge on any atom is 0.240 e. The first-order chi connectivity index (χ1) is 10.1. The molecular weight excluding hydrogens is 269 g/mol. The van der Waals surface area contributed by atoms with Gasteiger partial charge in [-0.2, -0.15) is 5.10 Å². The Morgan fingerprint density at radius 1 is 1.19 bits per heavy atom. The van der Waals surface area contributed by atoms with E-state index in [1.807, 2.05) is 0 Å². The summed E-state index contributed by atoms with van der Waals surface area (Å²) in [5, 5.41) is 6.24. The highest BCUT2D eigenvalue weighted by Gasteiger charge is 2.50. The van der Waals surface area contributed by atoms with Gasteiger partial charge in [0.15, 0.2) is 0 Å². The normalized spacial score (nSPS) is 33.8. The minimum absolute atomic E-state index is 0.0492. The summed E-state index contributed by atoms with van der Waals surface area (Å²) in [6, 6.07) is 6.53. The summed E-state index contributed by atoms with van der Waals surface area (Å²) in [6.07, 6.45) is 2.27. The minimum atomic E-state index is -0.252. The van der Waals surface area contributed by atoms with Crippen LogP contribution in [0.25, 0.3) is 0 Å². The molecule has 5 heteroatoms. The zero-order valence-electron chi connectivity index (χ0n) is 12.0. The van der Waals surface area contributed by atoms with E-state index < -0.39 is 0 Å². The number of fused-ring (bicyclic) bond motifs is 2. The lowest BCUT2D eigenvalue weighted by Crippen LogP contribution is -2.56. The van der Waals surface area contributed by atoms with E-state index in [2.05, 4.69) is 10.0 Å². The van der Waals surface area contributed by atoms with Crippen LogP contribution in [0.3, 0.4) is 0 Å². The van der Waals surface area contributed by atoms with Crippen LogP contribution < -0.4 is 0 Å². The number of hydrogen-bond donors (Lipinski definition) is 0. The quantitative estimate of drug-likeness (QED) is 0.793. The Bertz CT molecular complexity index is 604. The standard InChI is InChI=1S/C16H18FN3O/c1-10(21)20-15(12-2-4-13(17)5-3-12)16-14(18-20)11-6-8-19(16)9-7-11/h2-5,11,15-16H,6-9H2,1H3/t15-,16+/m1/s1. The summed E-state index contributed by atoms with van der Waals surface area (Å²) in [6.45, 7) is 3.69. The van der Waals surface area contributed by atoms with Crippen LogP contribution in [0, 0.1) is 11.7 Å². The highest BCUT2D eigenvalue weighted by atomic mass is 19.1. The number of hydrazone groups is 1. The van der Waals surface area contributed by atoms with Crippen LogP contribution in [0.5, 0.6) is 0 Å². The number of nitrogens with zero attached hydrogens (tertiary/aromatic N) is 3. The molecule has 0 aromatic heterocycles. The third-order valence-corrected chi connectivity index (χ3v) is 4.96. The number of halogens is 1. The molecule has 3 saturated heterocycles. The first-order valence-electron chi connectivity index (χ1n) is 7.53.